The zero-order valence-corrected chi connectivity index (χ0v) is 8.93. The summed E-state index contributed by atoms with van der Waals surface area (Å²) in [6, 6.07) is 0. The van der Waals surface area contributed by atoms with Crippen molar-refractivity contribution in [2.24, 2.45) is 0 Å². The van der Waals surface area contributed by atoms with Gasteiger partial charge < -0.3 is 0 Å². The zero-order valence-electron chi connectivity index (χ0n) is 5.83. The fourth-order valence-electron chi connectivity index (χ4n) is 0.448. The highest BCUT2D eigenvalue weighted by Gasteiger charge is 2.15. The van der Waals surface area contributed by atoms with Crippen LogP contribution in [-0.4, -0.2) is 5.24 Å². The molecule has 0 radical (unpaired) electrons. The zero-order chi connectivity index (χ0) is 9.89. The van der Waals surface area contributed by atoms with Crippen LogP contribution in [0.5, 0.6) is 0 Å². The molecular weight excluding hydrogens is 270 g/mol. The van der Waals surface area contributed by atoms with Crippen LogP contribution in [-0.2, 0) is 4.79 Å². The standard InChI is InChI=1S/C7H4BrCl2FO/c1-3(8)5(7(10)12)6(9)4(2)11/h1-2H2/b6-5-. The number of hydrogen-bond acceptors (Lipinski definition) is 1. The smallest absolute Gasteiger partial charge is 0.255 e. The molecule has 0 saturated carbocycles. The summed E-state index contributed by atoms with van der Waals surface area (Å²) >= 11 is 13.3. The van der Waals surface area contributed by atoms with Crippen molar-refractivity contribution in [3.8, 4) is 0 Å². The Hall–Kier alpha value is -0.120. The van der Waals surface area contributed by atoms with E-state index < -0.39 is 16.1 Å². The van der Waals surface area contributed by atoms with Gasteiger partial charge in [-0.1, -0.05) is 40.7 Å². The maximum atomic E-state index is 12.4. The van der Waals surface area contributed by atoms with Crippen molar-refractivity contribution in [1.29, 1.82) is 0 Å². The van der Waals surface area contributed by atoms with Gasteiger partial charge in [-0.15, -0.1) is 0 Å². The molecular formula is C7H4BrCl2FO. The van der Waals surface area contributed by atoms with E-state index in [9.17, 15) is 9.18 Å². The first-order valence-corrected chi connectivity index (χ1v) is 4.22. The Labute approximate surface area is 87.7 Å². The molecule has 0 aromatic rings. The number of rotatable bonds is 3. The molecule has 0 aromatic carbocycles. The Morgan fingerprint density at radius 2 is 1.75 bits per heavy atom. The predicted molar refractivity (Wildman–Crippen MR) is 52.1 cm³/mol. The van der Waals surface area contributed by atoms with Crippen molar-refractivity contribution in [3.05, 3.63) is 34.1 Å². The van der Waals surface area contributed by atoms with Crippen molar-refractivity contribution in [3.63, 3.8) is 0 Å². The largest absolute Gasteiger partial charge is 0.276 e. The summed E-state index contributed by atoms with van der Waals surface area (Å²) in [7, 11) is 0. The van der Waals surface area contributed by atoms with Crippen LogP contribution in [0.3, 0.4) is 0 Å². The van der Waals surface area contributed by atoms with E-state index in [0.29, 0.717) is 0 Å². The van der Waals surface area contributed by atoms with Crippen molar-refractivity contribution in [2.45, 2.75) is 0 Å². The lowest BCUT2D eigenvalue weighted by Crippen LogP contribution is -1.96. The summed E-state index contributed by atoms with van der Waals surface area (Å²) in [5, 5.41) is -1.32. The summed E-state index contributed by atoms with van der Waals surface area (Å²) in [6.07, 6.45) is 0. The van der Waals surface area contributed by atoms with E-state index in [1.807, 2.05) is 0 Å². The average Bonchev–Trinajstić information content (AvgIpc) is 1.85. The van der Waals surface area contributed by atoms with E-state index in [2.05, 4.69) is 29.1 Å². The van der Waals surface area contributed by atoms with Gasteiger partial charge in [-0.2, -0.15) is 0 Å². The normalized spacial score (nSPS) is 12.0. The average molecular weight is 274 g/mol. The Kier molecular flexibility index (Phi) is 4.75. The number of allylic oxidation sites excluding steroid dienone is 4. The van der Waals surface area contributed by atoms with E-state index in [1.165, 1.54) is 0 Å². The molecule has 0 fully saturated rings. The highest BCUT2D eigenvalue weighted by molar-refractivity contribution is 9.12. The molecule has 0 saturated heterocycles. The fraction of sp³-hybridized carbons (Fsp3) is 0. The SMILES string of the molecule is C=C(F)/C(Cl)=C(\C(=C)Br)C(=O)Cl. The Morgan fingerprint density at radius 3 is 1.83 bits per heavy atom. The Bertz CT molecular complexity index is 267. The van der Waals surface area contributed by atoms with Gasteiger partial charge >= 0.3 is 0 Å². The Balaban J connectivity index is 5.23. The summed E-state index contributed by atoms with van der Waals surface area (Å²) < 4.78 is 12.5. The first kappa shape index (κ1) is 11.9. The predicted octanol–water partition coefficient (Wildman–Crippen LogP) is 3.64. The number of halogens is 4. The van der Waals surface area contributed by atoms with Crippen LogP contribution in [0, 0.1) is 0 Å². The second-order valence-electron chi connectivity index (χ2n) is 1.77. The fourth-order valence-corrected chi connectivity index (χ4v) is 1.51. The van der Waals surface area contributed by atoms with Crippen molar-refractivity contribution >= 4 is 44.4 Å². The van der Waals surface area contributed by atoms with Gasteiger partial charge in [0.05, 0.1) is 10.6 Å². The molecule has 66 valence electrons. The van der Waals surface area contributed by atoms with Crippen LogP contribution in [0.1, 0.15) is 0 Å². The molecule has 0 aromatic heterocycles. The van der Waals surface area contributed by atoms with Gasteiger partial charge in [-0.3, -0.25) is 4.79 Å². The van der Waals surface area contributed by atoms with Crippen LogP contribution in [0.2, 0.25) is 0 Å². The molecule has 0 amide bonds. The number of carbonyl (C=O) groups excluding carboxylic acids is 1. The van der Waals surface area contributed by atoms with E-state index in [4.69, 9.17) is 23.2 Å². The van der Waals surface area contributed by atoms with Crippen molar-refractivity contribution < 1.29 is 9.18 Å². The van der Waals surface area contributed by atoms with Crippen LogP contribution < -0.4 is 0 Å². The van der Waals surface area contributed by atoms with Crippen molar-refractivity contribution in [1.82, 2.24) is 0 Å². The van der Waals surface area contributed by atoms with Crippen LogP contribution >= 0.6 is 39.1 Å². The van der Waals surface area contributed by atoms with Gasteiger partial charge in [0, 0.05) is 4.48 Å². The molecule has 0 spiro atoms. The Morgan fingerprint density at radius 1 is 1.33 bits per heavy atom. The molecule has 0 aliphatic heterocycles. The molecule has 1 nitrogen and oxygen atoms in total. The molecule has 0 rings (SSSR count). The third-order valence-corrected chi connectivity index (χ3v) is 1.90. The number of carbonyl (C=O) groups is 1. The van der Waals surface area contributed by atoms with E-state index in [1.54, 1.807) is 0 Å². The van der Waals surface area contributed by atoms with E-state index in [0.717, 1.165) is 0 Å². The van der Waals surface area contributed by atoms with Crippen LogP contribution in [0.25, 0.3) is 0 Å². The minimum atomic E-state index is -0.929. The lowest BCUT2D eigenvalue weighted by atomic mass is 10.2. The lowest BCUT2D eigenvalue weighted by molar-refractivity contribution is -0.108. The summed E-state index contributed by atoms with van der Waals surface area (Å²) in [5.74, 6) is -0.929. The second kappa shape index (κ2) is 4.80. The van der Waals surface area contributed by atoms with Gasteiger partial charge in [-0.25, -0.2) is 4.39 Å². The molecule has 0 N–H and O–H groups in total. The summed E-state index contributed by atoms with van der Waals surface area (Å²) in [4.78, 5) is 10.7. The maximum absolute atomic E-state index is 12.4. The van der Waals surface area contributed by atoms with E-state index in [-0.39, 0.29) is 10.1 Å². The summed E-state index contributed by atoms with van der Waals surface area (Å²) in [5.41, 5.74) is -0.217. The quantitative estimate of drug-likeness (QED) is 0.436. The van der Waals surface area contributed by atoms with Crippen LogP contribution in [0.15, 0.2) is 34.1 Å². The molecule has 0 aliphatic carbocycles. The van der Waals surface area contributed by atoms with Gasteiger partial charge in [0.1, 0.15) is 5.83 Å². The highest BCUT2D eigenvalue weighted by Crippen LogP contribution is 2.28. The molecule has 5 heteroatoms. The molecule has 0 aliphatic rings. The number of hydrogen-bond donors (Lipinski definition) is 0. The lowest BCUT2D eigenvalue weighted by Gasteiger charge is -2.01. The molecule has 0 unspecified atom stereocenters. The monoisotopic (exact) mass is 272 g/mol. The van der Waals surface area contributed by atoms with Gasteiger partial charge in [0.15, 0.2) is 0 Å². The minimum Gasteiger partial charge on any atom is -0.276 e. The molecule has 0 heterocycles. The first-order chi connectivity index (χ1) is 5.37. The molecule has 12 heavy (non-hydrogen) atoms. The van der Waals surface area contributed by atoms with Gasteiger partial charge in [0.25, 0.3) is 5.24 Å². The first-order valence-electron chi connectivity index (χ1n) is 2.67. The van der Waals surface area contributed by atoms with Gasteiger partial charge in [-0.05, 0) is 11.6 Å². The molecule has 0 bridgehead atoms. The van der Waals surface area contributed by atoms with Crippen LogP contribution in [0.4, 0.5) is 4.39 Å². The maximum Gasteiger partial charge on any atom is 0.255 e. The summed E-state index contributed by atoms with van der Waals surface area (Å²) in [6.45, 7) is 6.25. The second-order valence-corrected chi connectivity index (χ2v) is 3.45. The third kappa shape index (κ3) is 3.09. The topological polar surface area (TPSA) is 17.1 Å². The minimum absolute atomic E-state index is 0.117. The highest BCUT2D eigenvalue weighted by atomic mass is 79.9. The third-order valence-electron chi connectivity index (χ3n) is 0.925. The molecule has 0 atom stereocenters. The van der Waals surface area contributed by atoms with E-state index >= 15 is 0 Å². The van der Waals surface area contributed by atoms with Gasteiger partial charge in [0.2, 0.25) is 0 Å². The van der Waals surface area contributed by atoms with Crippen molar-refractivity contribution in [2.75, 3.05) is 0 Å².